The highest BCUT2D eigenvalue weighted by Crippen LogP contribution is 2.38. The van der Waals surface area contributed by atoms with Gasteiger partial charge in [0.2, 0.25) is 5.78 Å². The number of hydrogen-bond donors (Lipinski definition) is 0. The first-order valence-corrected chi connectivity index (χ1v) is 14.2. The van der Waals surface area contributed by atoms with Crippen molar-refractivity contribution in [3.63, 3.8) is 0 Å². The lowest BCUT2D eigenvalue weighted by atomic mass is 10.0. The van der Waals surface area contributed by atoms with Gasteiger partial charge in [0.05, 0.1) is 11.1 Å². The Balaban J connectivity index is 0.00000181. The molecule has 0 spiro atoms. The highest BCUT2D eigenvalue weighted by Gasteiger charge is 2.41. The van der Waals surface area contributed by atoms with Gasteiger partial charge in [-0.25, -0.2) is 0 Å². The third-order valence-corrected chi connectivity index (χ3v) is 7.70. The van der Waals surface area contributed by atoms with Gasteiger partial charge in [-0.3, -0.25) is 19.3 Å². The highest BCUT2D eigenvalue weighted by molar-refractivity contribution is 6.43. The summed E-state index contributed by atoms with van der Waals surface area (Å²) in [6.45, 7) is 9.57. The van der Waals surface area contributed by atoms with Gasteiger partial charge in [0.1, 0.15) is 6.73 Å². The van der Waals surface area contributed by atoms with E-state index in [1.165, 1.54) is 16.0 Å². The van der Waals surface area contributed by atoms with Crippen LogP contribution in [-0.2, 0) is 22.8 Å². The summed E-state index contributed by atoms with van der Waals surface area (Å²) in [5.74, 6) is -0.690. The summed E-state index contributed by atoms with van der Waals surface area (Å²) in [5, 5.41) is 0.668. The molecule has 8 nitrogen and oxygen atoms in total. The molecule has 2 fully saturated rings. The molecular weight excluding hydrogens is 504 g/mol. The number of piperazine rings is 1. The van der Waals surface area contributed by atoms with E-state index in [-0.39, 0.29) is 24.2 Å². The highest BCUT2D eigenvalue weighted by atomic mass is 16.5. The smallest absolute Gasteiger partial charge is 0.294 e. The minimum atomic E-state index is -0.591. The number of nitrogens with zero attached hydrogens (tertiary/aromatic N) is 4. The summed E-state index contributed by atoms with van der Waals surface area (Å²) in [6.07, 6.45) is 4.11. The SMILES string of the molecule is CC.COCn1cc(C(=O)N2CCN(Cc3ccc(C)cc3)CC2C2CC2)c2cc(C(=O)C(=O)N(C)C)ccc21. The van der Waals surface area contributed by atoms with Crippen LogP contribution >= 0.6 is 0 Å². The van der Waals surface area contributed by atoms with E-state index in [1.807, 2.05) is 29.5 Å². The number of Topliss-reactive ketones (excluding diaryl/α,β-unsaturated/α-hetero) is 1. The maximum Gasteiger partial charge on any atom is 0.294 e. The minimum absolute atomic E-state index is 0.0275. The Bertz CT molecular complexity index is 1360. The number of amides is 2. The molecule has 2 heterocycles. The number of aryl methyl sites for hydroxylation is 1. The molecule has 2 aromatic carbocycles. The molecule has 1 aliphatic heterocycles. The number of fused-ring (bicyclic) bond motifs is 1. The molecule has 0 N–H and O–H groups in total. The van der Waals surface area contributed by atoms with Crippen molar-refractivity contribution in [3.8, 4) is 0 Å². The fourth-order valence-electron chi connectivity index (χ4n) is 5.44. The Labute approximate surface area is 237 Å². The topological polar surface area (TPSA) is 75.1 Å². The van der Waals surface area contributed by atoms with Crippen molar-refractivity contribution < 1.29 is 19.1 Å². The molecule has 40 heavy (non-hydrogen) atoms. The van der Waals surface area contributed by atoms with Crippen molar-refractivity contribution in [1.82, 2.24) is 19.3 Å². The number of ether oxygens (including phenoxy) is 1. The van der Waals surface area contributed by atoms with Crippen LogP contribution in [0.1, 0.15) is 58.5 Å². The van der Waals surface area contributed by atoms with Crippen LogP contribution in [0.15, 0.2) is 48.7 Å². The van der Waals surface area contributed by atoms with Crippen molar-refractivity contribution in [1.29, 1.82) is 0 Å². The van der Waals surface area contributed by atoms with E-state index >= 15 is 0 Å². The average Bonchev–Trinajstić information content (AvgIpc) is 3.76. The van der Waals surface area contributed by atoms with Crippen LogP contribution in [0.25, 0.3) is 10.9 Å². The molecule has 0 radical (unpaired) electrons. The molecule has 1 saturated carbocycles. The van der Waals surface area contributed by atoms with Crippen molar-refractivity contribution in [2.75, 3.05) is 40.8 Å². The number of carbonyl (C=O) groups is 3. The van der Waals surface area contributed by atoms with E-state index in [2.05, 4.69) is 36.1 Å². The van der Waals surface area contributed by atoms with Gasteiger partial charge >= 0.3 is 0 Å². The Morgan fingerprint density at radius 1 is 1.00 bits per heavy atom. The first-order chi connectivity index (χ1) is 19.3. The van der Waals surface area contributed by atoms with Crippen molar-refractivity contribution in [3.05, 3.63) is 70.9 Å². The molecule has 2 amide bonds. The number of hydrogen-bond acceptors (Lipinski definition) is 5. The zero-order valence-electron chi connectivity index (χ0n) is 24.6. The number of methoxy groups -OCH3 is 1. The van der Waals surface area contributed by atoms with Crippen LogP contribution in [0.3, 0.4) is 0 Å². The summed E-state index contributed by atoms with van der Waals surface area (Å²) in [6, 6.07) is 13.9. The van der Waals surface area contributed by atoms with Gasteiger partial charge in [-0.1, -0.05) is 43.7 Å². The van der Waals surface area contributed by atoms with Crippen LogP contribution in [0, 0.1) is 12.8 Å². The lowest BCUT2D eigenvalue weighted by molar-refractivity contribution is -0.124. The molecule has 3 aromatic rings. The van der Waals surface area contributed by atoms with E-state index in [4.69, 9.17) is 4.74 Å². The van der Waals surface area contributed by atoms with E-state index in [9.17, 15) is 14.4 Å². The molecule has 1 aliphatic carbocycles. The maximum atomic E-state index is 14.1. The Kier molecular flexibility index (Phi) is 9.43. The van der Waals surface area contributed by atoms with Gasteiger partial charge in [-0.2, -0.15) is 0 Å². The predicted octanol–water partition coefficient (Wildman–Crippen LogP) is 4.59. The average molecular weight is 547 g/mol. The number of likely N-dealkylation sites (N-methyl/N-ethyl adjacent to an activating group) is 1. The lowest BCUT2D eigenvalue weighted by Crippen LogP contribution is -2.55. The van der Waals surface area contributed by atoms with Crippen molar-refractivity contribution in [2.45, 2.75) is 52.9 Å². The van der Waals surface area contributed by atoms with Crippen molar-refractivity contribution >= 4 is 28.5 Å². The summed E-state index contributed by atoms with van der Waals surface area (Å²) in [4.78, 5) is 45.0. The molecular formula is C32H42N4O4. The second kappa shape index (κ2) is 12.8. The molecule has 8 heteroatoms. The molecule has 1 atom stereocenters. The Morgan fingerprint density at radius 2 is 1.70 bits per heavy atom. The monoisotopic (exact) mass is 546 g/mol. The summed E-state index contributed by atoms with van der Waals surface area (Å²) in [7, 11) is 4.72. The number of ketones is 1. The molecule has 1 saturated heterocycles. The maximum absolute atomic E-state index is 14.1. The molecule has 214 valence electrons. The largest absolute Gasteiger partial charge is 0.364 e. The molecule has 1 aromatic heterocycles. The first kappa shape index (κ1) is 29.5. The zero-order chi connectivity index (χ0) is 29.0. The number of rotatable bonds is 8. The van der Waals surface area contributed by atoms with Gasteiger partial charge in [0.25, 0.3) is 11.8 Å². The van der Waals surface area contributed by atoms with Gasteiger partial charge in [0, 0.05) is 70.6 Å². The third-order valence-electron chi connectivity index (χ3n) is 7.70. The quantitative estimate of drug-likeness (QED) is 0.305. The number of benzene rings is 2. The summed E-state index contributed by atoms with van der Waals surface area (Å²) in [5.41, 5.74) is 4.16. The van der Waals surface area contributed by atoms with Gasteiger partial charge in [0.15, 0.2) is 0 Å². The van der Waals surface area contributed by atoms with Crippen LogP contribution in [0.4, 0.5) is 0 Å². The second-order valence-corrected chi connectivity index (χ2v) is 10.8. The van der Waals surface area contributed by atoms with E-state index in [1.54, 1.807) is 39.4 Å². The zero-order valence-corrected chi connectivity index (χ0v) is 24.6. The van der Waals surface area contributed by atoms with Crippen LogP contribution in [0.5, 0.6) is 0 Å². The Hall–Kier alpha value is -3.49. The molecule has 0 bridgehead atoms. The van der Waals surface area contributed by atoms with Gasteiger partial charge in [-0.05, 0) is 49.4 Å². The normalized spacial score (nSPS) is 17.4. The molecule has 5 rings (SSSR count). The van der Waals surface area contributed by atoms with Crippen LogP contribution in [0.2, 0.25) is 0 Å². The summed E-state index contributed by atoms with van der Waals surface area (Å²) >= 11 is 0. The molecule has 2 aliphatic rings. The van der Waals surface area contributed by atoms with Crippen LogP contribution in [-0.4, -0.2) is 83.7 Å². The van der Waals surface area contributed by atoms with E-state index in [0.29, 0.717) is 23.4 Å². The molecule has 1 unspecified atom stereocenters. The Morgan fingerprint density at radius 3 is 2.33 bits per heavy atom. The van der Waals surface area contributed by atoms with E-state index < -0.39 is 11.7 Å². The van der Waals surface area contributed by atoms with Crippen molar-refractivity contribution in [2.24, 2.45) is 5.92 Å². The van der Waals surface area contributed by atoms with Gasteiger partial charge in [-0.15, -0.1) is 0 Å². The van der Waals surface area contributed by atoms with Crippen LogP contribution < -0.4 is 0 Å². The standard InChI is InChI=1S/C30H36N4O4.C2H6/c1-20-5-7-21(8-6-20)16-32-13-14-34(27(18-32)22-9-10-22)29(36)25-17-33(19-38-4)26-12-11-23(15-24(25)26)28(35)30(37)31(2)3;1-2/h5-8,11-12,15,17,22,27H,9-10,13-14,16,18-19H2,1-4H3;1-2H3. The van der Waals surface area contributed by atoms with E-state index in [0.717, 1.165) is 38.0 Å². The fourth-order valence-corrected chi connectivity index (χ4v) is 5.44. The number of carbonyl (C=O) groups excluding carboxylic acids is 3. The number of aromatic nitrogens is 1. The lowest BCUT2D eigenvalue weighted by Gasteiger charge is -2.42. The third kappa shape index (κ3) is 6.29. The first-order valence-electron chi connectivity index (χ1n) is 14.2. The predicted molar refractivity (Wildman–Crippen MR) is 157 cm³/mol. The summed E-state index contributed by atoms with van der Waals surface area (Å²) < 4.78 is 7.25. The second-order valence-electron chi connectivity index (χ2n) is 10.8. The minimum Gasteiger partial charge on any atom is -0.364 e. The van der Waals surface area contributed by atoms with Gasteiger partial charge < -0.3 is 19.1 Å². The fraction of sp³-hybridized carbons (Fsp3) is 0.469.